The Morgan fingerprint density at radius 3 is 2.65 bits per heavy atom. The third-order valence-corrected chi connectivity index (χ3v) is 3.55. The number of hydrogen-bond acceptors (Lipinski definition) is 4. The third kappa shape index (κ3) is 2.80. The summed E-state index contributed by atoms with van der Waals surface area (Å²) in [6, 6.07) is 8.34. The van der Waals surface area contributed by atoms with Crippen LogP contribution in [0.15, 0.2) is 30.5 Å². The standard InChI is InChI=1S/C16H20N4/c1-11-2-4-13(5-3-11)16-19-10-14(18-9-8-17)15(20-16)12-6-7-12/h2-5,10,12,18H,6-9,17H2,1H3. The van der Waals surface area contributed by atoms with E-state index in [1.165, 1.54) is 18.4 Å². The van der Waals surface area contributed by atoms with Crippen LogP contribution in [0.1, 0.15) is 30.0 Å². The molecule has 20 heavy (non-hydrogen) atoms. The Kier molecular flexibility index (Phi) is 3.65. The van der Waals surface area contributed by atoms with Crippen LogP contribution in [0.25, 0.3) is 11.4 Å². The zero-order valence-corrected chi connectivity index (χ0v) is 11.8. The molecular weight excluding hydrogens is 248 g/mol. The number of rotatable bonds is 5. The van der Waals surface area contributed by atoms with Crippen LogP contribution in [0.4, 0.5) is 5.69 Å². The van der Waals surface area contributed by atoms with Crippen LogP contribution in [0, 0.1) is 6.92 Å². The Bertz CT molecular complexity index is 588. The average Bonchev–Trinajstić information content (AvgIpc) is 3.30. The summed E-state index contributed by atoms with van der Waals surface area (Å²) in [5.74, 6) is 1.40. The molecule has 1 aliphatic rings. The number of benzene rings is 1. The molecule has 104 valence electrons. The molecule has 3 rings (SSSR count). The van der Waals surface area contributed by atoms with Gasteiger partial charge in [-0.25, -0.2) is 9.97 Å². The lowest BCUT2D eigenvalue weighted by atomic mass is 10.1. The predicted molar refractivity (Wildman–Crippen MR) is 81.7 cm³/mol. The second kappa shape index (κ2) is 5.59. The molecule has 1 aliphatic carbocycles. The van der Waals surface area contributed by atoms with E-state index in [4.69, 9.17) is 10.7 Å². The molecule has 0 amide bonds. The predicted octanol–water partition coefficient (Wildman–Crippen LogP) is 2.70. The van der Waals surface area contributed by atoms with Gasteiger partial charge in [0.1, 0.15) is 0 Å². The van der Waals surface area contributed by atoms with E-state index >= 15 is 0 Å². The highest BCUT2D eigenvalue weighted by Crippen LogP contribution is 2.42. The van der Waals surface area contributed by atoms with Gasteiger partial charge in [0.15, 0.2) is 5.82 Å². The molecule has 1 aromatic carbocycles. The lowest BCUT2D eigenvalue weighted by molar-refractivity contribution is 0.964. The molecule has 0 spiro atoms. The molecule has 0 saturated heterocycles. The van der Waals surface area contributed by atoms with E-state index < -0.39 is 0 Å². The van der Waals surface area contributed by atoms with Crippen LogP contribution in [0.3, 0.4) is 0 Å². The number of nitrogens with two attached hydrogens (primary N) is 1. The highest BCUT2D eigenvalue weighted by Gasteiger charge is 2.28. The van der Waals surface area contributed by atoms with Gasteiger partial charge < -0.3 is 11.1 Å². The molecular formula is C16H20N4. The average molecular weight is 268 g/mol. The van der Waals surface area contributed by atoms with Gasteiger partial charge >= 0.3 is 0 Å². The summed E-state index contributed by atoms with van der Waals surface area (Å²) in [6.45, 7) is 3.46. The van der Waals surface area contributed by atoms with Crippen molar-refractivity contribution in [1.82, 2.24) is 9.97 Å². The van der Waals surface area contributed by atoms with Gasteiger partial charge in [0.05, 0.1) is 17.6 Å². The number of anilines is 1. The van der Waals surface area contributed by atoms with Gasteiger partial charge in [0.25, 0.3) is 0 Å². The van der Waals surface area contributed by atoms with Crippen molar-refractivity contribution in [3.05, 3.63) is 41.7 Å². The molecule has 3 N–H and O–H groups in total. The monoisotopic (exact) mass is 268 g/mol. The van der Waals surface area contributed by atoms with Crippen LogP contribution in [0.2, 0.25) is 0 Å². The van der Waals surface area contributed by atoms with E-state index in [1.54, 1.807) is 0 Å². The molecule has 4 nitrogen and oxygen atoms in total. The maximum atomic E-state index is 5.55. The number of aromatic nitrogens is 2. The van der Waals surface area contributed by atoms with E-state index in [0.717, 1.165) is 29.3 Å². The van der Waals surface area contributed by atoms with Crippen LogP contribution in [0.5, 0.6) is 0 Å². The van der Waals surface area contributed by atoms with Gasteiger partial charge in [-0.1, -0.05) is 29.8 Å². The van der Waals surface area contributed by atoms with Crippen molar-refractivity contribution >= 4 is 5.69 Å². The summed E-state index contributed by atoms with van der Waals surface area (Å²) in [5, 5.41) is 3.32. The molecule has 1 heterocycles. The summed E-state index contributed by atoms with van der Waals surface area (Å²) in [4.78, 5) is 9.26. The van der Waals surface area contributed by atoms with E-state index in [1.807, 2.05) is 6.20 Å². The normalized spacial score (nSPS) is 14.3. The van der Waals surface area contributed by atoms with Gasteiger partial charge in [0, 0.05) is 24.6 Å². The first kappa shape index (κ1) is 13.1. The van der Waals surface area contributed by atoms with Crippen LogP contribution < -0.4 is 11.1 Å². The molecule has 1 saturated carbocycles. The Balaban J connectivity index is 1.92. The molecule has 0 bridgehead atoms. The quantitative estimate of drug-likeness (QED) is 0.875. The smallest absolute Gasteiger partial charge is 0.159 e. The van der Waals surface area contributed by atoms with Crippen molar-refractivity contribution < 1.29 is 0 Å². The van der Waals surface area contributed by atoms with Gasteiger partial charge in [0.2, 0.25) is 0 Å². The lowest BCUT2D eigenvalue weighted by Crippen LogP contribution is -2.15. The van der Waals surface area contributed by atoms with Gasteiger partial charge in [-0.15, -0.1) is 0 Å². The molecule has 0 unspecified atom stereocenters. The summed E-state index contributed by atoms with van der Waals surface area (Å²) >= 11 is 0. The second-order valence-electron chi connectivity index (χ2n) is 5.35. The number of aryl methyl sites for hydroxylation is 1. The van der Waals surface area contributed by atoms with Crippen LogP contribution in [-0.4, -0.2) is 23.1 Å². The third-order valence-electron chi connectivity index (χ3n) is 3.55. The maximum absolute atomic E-state index is 5.55. The molecule has 1 aromatic heterocycles. The lowest BCUT2D eigenvalue weighted by Gasteiger charge is -2.11. The van der Waals surface area contributed by atoms with E-state index in [0.29, 0.717) is 12.5 Å². The number of hydrogen-bond donors (Lipinski definition) is 2. The molecule has 0 atom stereocenters. The molecule has 1 fully saturated rings. The maximum Gasteiger partial charge on any atom is 0.159 e. The minimum absolute atomic E-state index is 0.586. The van der Waals surface area contributed by atoms with Crippen molar-refractivity contribution in [3.63, 3.8) is 0 Å². The van der Waals surface area contributed by atoms with Crippen LogP contribution >= 0.6 is 0 Å². The highest BCUT2D eigenvalue weighted by molar-refractivity contribution is 5.59. The minimum atomic E-state index is 0.586. The first-order valence-electron chi connectivity index (χ1n) is 7.16. The summed E-state index contributed by atoms with van der Waals surface area (Å²) in [6.07, 6.45) is 4.34. The Morgan fingerprint density at radius 2 is 2.00 bits per heavy atom. The summed E-state index contributed by atoms with van der Waals surface area (Å²) < 4.78 is 0. The van der Waals surface area contributed by atoms with Crippen LogP contribution in [-0.2, 0) is 0 Å². The summed E-state index contributed by atoms with van der Waals surface area (Å²) in [5.41, 5.74) is 10.0. The van der Waals surface area contributed by atoms with Crippen molar-refractivity contribution in [1.29, 1.82) is 0 Å². The second-order valence-corrected chi connectivity index (χ2v) is 5.35. The fraction of sp³-hybridized carbons (Fsp3) is 0.375. The Hall–Kier alpha value is -1.94. The molecule has 0 radical (unpaired) electrons. The molecule has 2 aromatic rings. The van der Waals surface area contributed by atoms with E-state index in [2.05, 4.69) is 41.5 Å². The topological polar surface area (TPSA) is 63.8 Å². The minimum Gasteiger partial charge on any atom is -0.381 e. The largest absolute Gasteiger partial charge is 0.381 e. The number of nitrogens with zero attached hydrogens (tertiary/aromatic N) is 2. The number of nitrogens with one attached hydrogen (secondary N) is 1. The zero-order valence-electron chi connectivity index (χ0n) is 11.8. The van der Waals surface area contributed by atoms with Gasteiger partial charge in [-0.05, 0) is 19.8 Å². The molecule has 0 aliphatic heterocycles. The van der Waals surface area contributed by atoms with Gasteiger partial charge in [-0.2, -0.15) is 0 Å². The Labute approximate surface area is 119 Å². The van der Waals surface area contributed by atoms with Crippen molar-refractivity contribution in [3.8, 4) is 11.4 Å². The zero-order chi connectivity index (χ0) is 13.9. The SMILES string of the molecule is Cc1ccc(-c2ncc(NCCN)c(C3CC3)n2)cc1. The van der Waals surface area contributed by atoms with Crippen molar-refractivity contribution in [2.45, 2.75) is 25.7 Å². The van der Waals surface area contributed by atoms with Gasteiger partial charge in [-0.3, -0.25) is 0 Å². The fourth-order valence-electron chi connectivity index (χ4n) is 2.25. The fourth-order valence-corrected chi connectivity index (χ4v) is 2.25. The van der Waals surface area contributed by atoms with E-state index in [-0.39, 0.29) is 0 Å². The first-order valence-corrected chi connectivity index (χ1v) is 7.16. The highest BCUT2D eigenvalue weighted by atomic mass is 15.0. The van der Waals surface area contributed by atoms with E-state index in [9.17, 15) is 0 Å². The first-order chi connectivity index (χ1) is 9.78. The van der Waals surface area contributed by atoms with Crippen molar-refractivity contribution in [2.75, 3.05) is 18.4 Å². The molecule has 4 heteroatoms. The summed E-state index contributed by atoms with van der Waals surface area (Å²) in [7, 11) is 0. The Morgan fingerprint density at radius 1 is 1.25 bits per heavy atom. The van der Waals surface area contributed by atoms with Crippen molar-refractivity contribution in [2.24, 2.45) is 5.73 Å².